The van der Waals surface area contributed by atoms with Crippen molar-refractivity contribution in [1.82, 2.24) is 10.6 Å². The molecule has 0 radical (unpaired) electrons. The number of aliphatic carboxylic acids is 1. The molecule has 0 aromatic heterocycles. The van der Waals surface area contributed by atoms with E-state index in [4.69, 9.17) is 9.47 Å². The minimum absolute atomic E-state index is 0.0587. The van der Waals surface area contributed by atoms with Gasteiger partial charge in [-0.3, -0.25) is 0 Å². The van der Waals surface area contributed by atoms with Gasteiger partial charge in [-0.2, -0.15) is 0 Å². The predicted octanol–water partition coefficient (Wildman–Crippen LogP) is 6.40. The number of nitrogens with one attached hydrogen (secondary N) is 2. The third-order valence-electron chi connectivity index (χ3n) is 6.70. The van der Waals surface area contributed by atoms with Gasteiger partial charge in [-0.1, -0.05) is 50.7 Å². The van der Waals surface area contributed by atoms with Crippen LogP contribution in [-0.2, 0) is 20.7 Å². The second kappa shape index (κ2) is 15.2. The van der Waals surface area contributed by atoms with Crippen LogP contribution in [0.1, 0.15) is 122 Å². The standard InChI is InChI=1S/C19H27NO6.C12H23N/c1-18(2,3)25-16(23)13-9-7-12(8-10-13)11-14(15(21)22)20-17(24)26-19(4,5)6;1-3-7-11(8-4-1)13-12-9-5-2-6-10-12/h7-10,14H,11H2,1-6H3,(H,20,24)(H,21,22);11-13H,1-10H2/t14-;/m1./s1. The number of ether oxygens (including phenoxy) is 2. The fraction of sp³-hybridized carbons (Fsp3) is 0.710. The van der Waals surface area contributed by atoms with Crippen LogP contribution in [0.25, 0.3) is 0 Å². The lowest BCUT2D eigenvalue weighted by Crippen LogP contribution is -2.44. The number of hydrogen-bond acceptors (Lipinski definition) is 6. The van der Waals surface area contributed by atoms with Crippen LogP contribution in [0.4, 0.5) is 4.79 Å². The van der Waals surface area contributed by atoms with Crippen LogP contribution >= 0.6 is 0 Å². The van der Waals surface area contributed by atoms with Crippen molar-refractivity contribution >= 4 is 18.0 Å². The first-order valence-electron chi connectivity index (χ1n) is 14.5. The molecule has 1 aromatic rings. The van der Waals surface area contributed by atoms with Crippen molar-refractivity contribution < 1.29 is 29.0 Å². The van der Waals surface area contributed by atoms with E-state index in [0.717, 1.165) is 12.1 Å². The zero-order valence-electron chi connectivity index (χ0n) is 24.8. The maximum atomic E-state index is 12.0. The van der Waals surface area contributed by atoms with Crippen molar-refractivity contribution in [2.24, 2.45) is 0 Å². The van der Waals surface area contributed by atoms with E-state index < -0.39 is 35.3 Å². The monoisotopic (exact) mass is 546 g/mol. The van der Waals surface area contributed by atoms with Gasteiger partial charge in [-0.15, -0.1) is 0 Å². The molecule has 2 aliphatic rings. The first-order valence-corrected chi connectivity index (χ1v) is 14.5. The van der Waals surface area contributed by atoms with E-state index in [1.54, 1.807) is 65.8 Å². The normalized spacial score (nSPS) is 17.8. The Kier molecular flexibility index (Phi) is 12.7. The molecule has 0 unspecified atom stereocenters. The van der Waals surface area contributed by atoms with Gasteiger partial charge >= 0.3 is 18.0 Å². The Morgan fingerprint density at radius 1 is 0.795 bits per heavy atom. The summed E-state index contributed by atoms with van der Waals surface area (Å²) in [7, 11) is 0. The summed E-state index contributed by atoms with van der Waals surface area (Å²) in [5.41, 5.74) is -0.291. The minimum atomic E-state index is -1.17. The summed E-state index contributed by atoms with van der Waals surface area (Å²) in [6, 6.07) is 7.00. The van der Waals surface area contributed by atoms with E-state index in [0.29, 0.717) is 11.1 Å². The van der Waals surface area contributed by atoms with E-state index in [-0.39, 0.29) is 6.42 Å². The Labute approximate surface area is 234 Å². The molecule has 220 valence electrons. The molecule has 1 aromatic carbocycles. The van der Waals surface area contributed by atoms with Crippen molar-refractivity contribution in [1.29, 1.82) is 0 Å². The summed E-state index contributed by atoms with van der Waals surface area (Å²) in [6.45, 7) is 10.4. The largest absolute Gasteiger partial charge is 0.480 e. The lowest BCUT2D eigenvalue weighted by molar-refractivity contribution is -0.139. The molecule has 8 heteroatoms. The summed E-state index contributed by atoms with van der Waals surface area (Å²) in [6.07, 6.45) is 13.8. The fourth-order valence-electron chi connectivity index (χ4n) is 4.87. The van der Waals surface area contributed by atoms with Gasteiger partial charge in [0.1, 0.15) is 17.2 Å². The van der Waals surface area contributed by atoms with Gasteiger partial charge in [0.15, 0.2) is 0 Å². The number of hydrogen-bond donors (Lipinski definition) is 3. The molecule has 0 heterocycles. The van der Waals surface area contributed by atoms with Crippen molar-refractivity contribution in [3.63, 3.8) is 0 Å². The van der Waals surface area contributed by atoms with E-state index in [1.165, 1.54) is 64.2 Å². The second-order valence-electron chi connectivity index (χ2n) is 12.8. The molecule has 0 bridgehead atoms. The number of carbonyl (C=O) groups is 3. The maximum absolute atomic E-state index is 12.0. The topological polar surface area (TPSA) is 114 Å². The van der Waals surface area contributed by atoms with Crippen LogP contribution in [0, 0.1) is 0 Å². The molecule has 2 saturated carbocycles. The first-order chi connectivity index (χ1) is 18.2. The Balaban J connectivity index is 0.000000338. The molecular formula is C31H50N2O6. The Morgan fingerprint density at radius 2 is 1.26 bits per heavy atom. The third kappa shape index (κ3) is 13.8. The lowest BCUT2D eigenvalue weighted by Gasteiger charge is -2.30. The lowest BCUT2D eigenvalue weighted by atomic mass is 9.91. The highest BCUT2D eigenvalue weighted by atomic mass is 16.6. The first kappa shape index (κ1) is 32.6. The van der Waals surface area contributed by atoms with Gasteiger partial charge in [0, 0.05) is 18.5 Å². The molecule has 2 fully saturated rings. The number of alkyl carbamates (subject to hydrolysis) is 1. The molecule has 3 N–H and O–H groups in total. The molecule has 39 heavy (non-hydrogen) atoms. The smallest absolute Gasteiger partial charge is 0.408 e. The number of carboxylic acids is 1. The minimum Gasteiger partial charge on any atom is -0.480 e. The number of esters is 1. The molecular weight excluding hydrogens is 496 g/mol. The van der Waals surface area contributed by atoms with Gasteiger partial charge in [0.25, 0.3) is 0 Å². The SMILES string of the molecule is C1CCC(NC2CCCCC2)CC1.CC(C)(C)OC(=O)N[C@H](Cc1ccc(C(=O)OC(C)(C)C)cc1)C(=O)O. The molecule has 8 nitrogen and oxygen atoms in total. The molecule has 3 rings (SSSR count). The quantitative estimate of drug-likeness (QED) is 0.339. The molecule has 1 amide bonds. The molecule has 1 atom stereocenters. The van der Waals surface area contributed by atoms with Crippen LogP contribution in [0.15, 0.2) is 24.3 Å². The summed E-state index contributed by atoms with van der Waals surface area (Å²) in [5.74, 6) is -1.63. The second-order valence-corrected chi connectivity index (χ2v) is 12.8. The summed E-state index contributed by atoms with van der Waals surface area (Å²) >= 11 is 0. The number of benzene rings is 1. The Morgan fingerprint density at radius 3 is 1.67 bits per heavy atom. The van der Waals surface area contributed by atoms with Crippen LogP contribution in [0.2, 0.25) is 0 Å². The number of carboxylic acid groups (broad SMARTS) is 1. The van der Waals surface area contributed by atoms with E-state index in [1.807, 2.05) is 0 Å². The highest BCUT2D eigenvalue weighted by Gasteiger charge is 2.25. The van der Waals surface area contributed by atoms with Crippen molar-refractivity contribution in [2.45, 2.75) is 141 Å². The molecule has 0 spiro atoms. The van der Waals surface area contributed by atoms with Crippen molar-refractivity contribution in [2.75, 3.05) is 0 Å². The molecule has 0 saturated heterocycles. The van der Waals surface area contributed by atoms with Crippen molar-refractivity contribution in [3.8, 4) is 0 Å². The van der Waals surface area contributed by atoms with E-state index in [2.05, 4.69) is 10.6 Å². The highest BCUT2D eigenvalue weighted by molar-refractivity contribution is 5.89. The van der Waals surface area contributed by atoms with E-state index in [9.17, 15) is 19.5 Å². The van der Waals surface area contributed by atoms with Gasteiger partial charge in [-0.05, 0) is 84.9 Å². The zero-order chi connectivity index (χ0) is 29.1. The Bertz CT molecular complexity index is 888. The number of amides is 1. The van der Waals surface area contributed by atoms with Crippen molar-refractivity contribution in [3.05, 3.63) is 35.4 Å². The van der Waals surface area contributed by atoms with E-state index >= 15 is 0 Å². The van der Waals surface area contributed by atoms with Crippen LogP contribution in [0.5, 0.6) is 0 Å². The Hall–Kier alpha value is -2.61. The average molecular weight is 547 g/mol. The number of carbonyl (C=O) groups excluding carboxylic acids is 2. The fourth-order valence-corrected chi connectivity index (χ4v) is 4.87. The third-order valence-corrected chi connectivity index (χ3v) is 6.70. The van der Waals surface area contributed by atoms with Gasteiger partial charge in [-0.25, -0.2) is 14.4 Å². The van der Waals surface area contributed by atoms with Crippen LogP contribution < -0.4 is 10.6 Å². The maximum Gasteiger partial charge on any atom is 0.408 e. The number of rotatable bonds is 7. The molecule has 0 aliphatic heterocycles. The molecule has 2 aliphatic carbocycles. The summed E-state index contributed by atoms with van der Waals surface area (Å²) in [4.78, 5) is 35.2. The van der Waals surface area contributed by atoms with Crippen LogP contribution in [-0.4, -0.2) is 52.5 Å². The van der Waals surface area contributed by atoms with Gasteiger partial charge < -0.3 is 25.2 Å². The highest BCUT2D eigenvalue weighted by Crippen LogP contribution is 2.22. The predicted molar refractivity (Wildman–Crippen MR) is 153 cm³/mol. The van der Waals surface area contributed by atoms with Gasteiger partial charge in [0.2, 0.25) is 0 Å². The summed E-state index contributed by atoms with van der Waals surface area (Å²) in [5, 5.41) is 15.5. The van der Waals surface area contributed by atoms with Crippen LogP contribution in [0.3, 0.4) is 0 Å². The summed E-state index contributed by atoms with van der Waals surface area (Å²) < 4.78 is 10.4. The van der Waals surface area contributed by atoms with Gasteiger partial charge in [0.05, 0.1) is 5.56 Å². The zero-order valence-corrected chi connectivity index (χ0v) is 24.8. The average Bonchev–Trinajstić information content (AvgIpc) is 2.83.